The summed E-state index contributed by atoms with van der Waals surface area (Å²) in [4.78, 5) is 37.7. The number of nitrogens with zero attached hydrogens (tertiary/aromatic N) is 1. The van der Waals surface area contributed by atoms with Crippen LogP contribution in [-0.2, 0) is 25.7 Å². The number of benzene rings is 1. The van der Waals surface area contributed by atoms with Crippen LogP contribution in [0.1, 0.15) is 25.8 Å². The SMILES string of the molecule is CC1(C)S[C@@H]2[C@@H](C(=O)O)CC(=O)N2C1C(=O)OCc1ccccc1. The largest absolute Gasteiger partial charge is 0.481 e. The second-order valence-electron chi connectivity index (χ2n) is 6.56. The number of aliphatic carboxylic acids is 1. The molecule has 2 fully saturated rings. The molecule has 1 unspecified atom stereocenters. The number of carboxylic acids is 1. The zero-order valence-corrected chi connectivity index (χ0v) is 14.3. The predicted octanol–water partition coefficient (Wildman–Crippen LogP) is 1.88. The highest BCUT2D eigenvalue weighted by Gasteiger charge is 2.60. The van der Waals surface area contributed by atoms with Gasteiger partial charge in [-0.05, 0) is 19.4 Å². The number of fused-ring (bicyclic) bond motifs is 1. The molecule has 0 bridgehead atoms. The van der Waals surface area contributed by atoms with Gasteiger partial charge in [0, 0.05) is 11.2 Å². The third-order valence-corrected chi connectivity index (χ3v) is 6.05. The first kappa shape index (κ1) is 16.8. The molecule has 3 atom stereocenters. The van der Waals surface area contributed by atoms with E-state index in [4.69, 9.17) is 4.74 Å². The fourth-order valence-electron chi connectivity index (χ4n) is 3.28. The number of rotatable bonds is 4. The maximum atomic E-state index is 12.6. The van der Waals surface area contributed by atoms with Crippen LogP contribution in [0.5, 0.6) is 0 Å². The highest BCUT2D eigenvalue weighted by Crippen LogP contribution is 2.51. The van der Waals surface area contributed by atoms with E-state index < -0.39 is 34.0 Å². The summed E-state index contributed by atoms with van der Waals surface area (Å²) < 4.78 is 4.81. The maximum absolute atomic E-state index is 12.6. The standard InChI is InChI=1S/C17H19NO5S/c1-17(2)13(16(22)23-9-10-6-4-3-5-7-10)18-12(19)8-11(15(20)21)14(18)24-17/h3-7,11,13-14H,8-9H2,1-2H3,(H,20,21)/t11-,13?,14+/m0/s1. The van der Waals surface area contributed by atoms with Gasteiger partial charge in [-0.2, -0.15) is 0 Å². The van der Waals surface area contributed by atoms with E-state index in [0.717, 1.165) is 5.56 Å². The summed E-state index contributed by atoms with van der Waals surface area (Å²) in [5.41, 5.74) is 0.863. The summed E-state index contributed by atoms with van der Waals surface area (Å²) in [7, 11) is 0. The summed E-state index contributed by atoms with van der Waals surface area (Å²) in [5.74, 6) is -2.57. The molecule has 0 aromatic heterocycles. The van der Waals surface area contributed by atoms with Crippen molar-refractivity contribution in [3.63, 3.8) is 0 Å². The Morgan fingerprint density at radius 2 is 2.00 bits per heavy atom. The van der Waals surface area contributed by atoms with E-state index >= 15 is 0 Å². The van der Waals surface area contributed by atoms with E-state index in [1.165, 1.54) is 16.7 Å². The van der Waals surface area contributed by atoms with Crippen LogP contribution in [0.4, 0.5) is 0 Å². The average molecular weight is 349 g/mol. The molecule has 0 radical (unpaired) electrons. The second kappa shape index (κ2) is 6.12. The van der Waals surface area contributed by atoms with Crippen LogP contribution in [0.2, 0.25) is 0 Å². The fraction of sp³-hybridized carbons (Fsp3) is 0.471. The van der Waals surface area contributed by atoms with E-state index in [0.29, 0.717) is 0 Å². The molecule has 6 nitrogen and oxygen atoms in total. The van der Waals surface area contributed by atoms with Gasteiger partial charge in [0.05, 0.1) is 11.3 Å². The number of carboxylic acid groups (broad SMARTS) is 1. The topological polar surface area (TPSA) is 83.9 Å². The summed E-state index contributed by atoms with van der Waals surface area (Å²) in [6.45, 7) is 3.82. The fourth-order valence-corrected chi connectivity index (χ4v) is 4.98. The van der Waals surface area contributed by atoms with E-state index in [9.17, 15) is 19.5 Å². The van der Waals surface area contributed by atoms with Crippen LogP contribution in [0.25, 0.3) is 0 Å². The Bertz CT molecular complexity index is 675. The molecule has 2 aliphatic heterocycles. The van der Waals surface area contributed by atoms with Gasteiger partial charge in [-0.25, -0.2) is 4.79 Å². The summed E-state index contributed by atoms with van der Waals surface area (Å²) in [5, 5.41) is 8.80. The molecule has 2 heterocycles. The van der Waals surface area contributed by atoms with E-state index in [2.05, 4.69) is 0 Å². The molecule has 3 rings (SSSR count). The van der Waals surface area contributed by atoms with Crippen LogP contribution < -0.4 is 0 Å². The van der Waals surface area contributed by atoms with Crippen molar-refractivity contribution in [1.82, 2.24) is 4.90 Å². The Kier molecular flexibility index (Phi) is 4.29. The molecular weight excluding hydrogens is 330 g/mol. The molecule has 128 valence electrons. The highest BCUT2D eigenvalue weighted by atomic mass is 32.2. The number of amides is 1. The monoisotopic (exact) mass is 349 g/mol. The molecule has 24 heavy (non-hydrogen) atoms. The maximum Gasteiger partial charge on any atom is 0.330 e. The van der Waals surface area contributed by atoms with Gasteiger partial charge < -0.3 is 14.7 Å². The smallest absolute Gasteiger partial charge is 0.330 e. The van der Waals surface area contributed by atoms with Gasteiger partial charge in [-0.3, -0.25) is 9.59 Å². The van der Waals surface area contributed by atoms with Crippen molar-refractivity contribution in [1.29, 1.82) is 0 Å². The Labute approximate surface area is 144 Å². The number of esters is 1. The quantitative estimate of drug-likeness (QED) is 0.836. The number of ether oxygens (including phenoxy) is 1. The van der Waals surface area contributed by atoms with Gasteiger partial charge in [-0.15, -0.1) is 11.8 Å². The Morgan fingerprint density at radius 3 is 2.62 bits per heavy atom. The van der Waals surface area contributed by atoms with Gasteiger partial charge in [0.1, 0.15) is 12.6 Å². The van der Waals surface area contributed by atoms with Crippen molar-refractivity contribution in [3.05, 3.63) is 35.9 Å². The zero-order chi connectivity index (χ0) is 17.5. The number of hydrogen-bond donors (Lipinski definition) is 1. The average Bonchev–Trinajstić information content (AvgIpc) is 2.98. The molecule has 1 amide bonds. The molecule has 2 aliphatic rings. The van der Waals surface area contributed by atoms with Gasteiger partial charge in [0.25, 0.3) is 0 Å². The van der Waals surface area contributed by atoms with Crippen LogP contribution in [0, 0.1) is 5.92 Å². The van der Waals surface area contributed by atoms with Gasteiger partial charge in [0.15, 0.2) is 0 Å². The van der Waals surface area contributed by atoms with Gasteiger partial charge in [0.2, 0.25) is 5.91 Å². The minimum absolute atomic E-state index is 0.0639. The molecular formula is C17H19NO5S. The molecule has 1 aromatic rings. The Hall–Kier alpha value is -2.02. The van der Waals surface area contributed by atoms with Gasteiger partial charge in [-0.1, -0.05) is 30.3 Å². The lowest BCUT2D eigenvalue weighted by Crippen LogP contribution is -2.49. The van der Waals surface area contributed by atoms with Crippen molar-refractivity contribution in [2.45, 2.75) is 43.0 Å². The molecule has 1 N–H and O–H groups in total. The lowest BCUT2D eigenvalue weighted by Gasteiger charge is -2.28. The third-order valence-electron chi connectivity index (χ3n) is 4.43. The van der Waals surface area contributed by atoms with Crippen LogP contribution in [0.3, 0.4) is 0 Å². The van der Waals surface area contributed by atoms with E-state index in [1.807, 2.05) is 44.2 Å². The van der Waals surface area contributed by atoms with Crippen molar-refractivity contribution in [2.24, 2.45) is 5.92 Å². The minimum atomic E-state index is -1.00. The number of hydrogen-bond acceptors (Lipinski definition) is 5. The summed E-state index contributed by atoms with van der Waals surface area (Å²) >= 11 is 1.36. The normalized spacial score (nSPS) is 27.8. The van der Waals surface area contributed by atoms with Crippen LogP contribution in [-0.4, -0.2) is 44.0 Å². The Balaban J connectivity index is 1.77. The van der Waals surface area contributed by atoms with E-state index in [1.54, 1.807) is 0 Å². The second-order valence-corrected chi connectivity index (χ2v) is 8.33. The molecule has 0 saturated carbocycles. The number of carbonyl (C=O) groups is 3. The highest BCUT2D eigenvalue weighted by molar-refractivity contribution is 8.01. The predicted molar refractivity (Wildman–Crippen MR) is 88.1 cm³/mol. The molecule has 0 aliphatic carbocycles. The van der Waals surface area contributed by atoms with Gasteiger partial charge >= 0.3 is 11.9 Å². The van der Waals surface area contributed by atoms with E-state index in [-0.39, 0.29) is 18.9 Å². The van der Waals surface area contributed by atoms with Crippen molar-refractivity contribution in [3.8, 4) is 0 Å². The Morgan fingerprint density at radius 1 is 1.33 bits per heavy atom. The van der Waals surface area contributed by atoms with Crippen LogP contribution in [0.15, 0.2) is 30.3 Å². The van der Waals surface area contributed by atoms with Crippen LogP contribution >= 0.6 is 11.8 Å². The molecule has 2 saturated heterocycles. The van der Waals surface area contributed by atoms with Crippen molar-refractivity contribution in [2.75, 3.05) is 0 Å². The van der Waals surface area contributed by atoms with Crippen molar-refractivity contribution >= 4 is 29.6 Å². The van der Waals surface area contributed by atoms with Crippen molar-refractivity contribution < 1.29 is 24.2 Å². The lowest BCUT2D eigenvalue weighted by molar-refractivity contribution is -0.155. The molecule has 1 aromatic carbocycles. The first-order chi connectivity index (χ1) is 11.3. The minimum Gasteiger partial charge on any atom is -0.481 e. The third kappa shape index (κ3) is 2.88. The molecule has 7 heteroatoms. The summed E-state index contributed by atoms with van der Waals surface area (Å²) in [6, 6.07) is 8.53. The first-order valence-corrected chi connectivity index (χ1v) is 8.61. The zero-order valence-electron chi connectivity index (χ0n) is 13.5. The first-order valence-electron chi connectivity index (χ1n) is 7.73. The molecule has 0 spiro atoms. The number of thioether (sulfide) groups is 1. The lowest BCUT2D eigenvalue weighted by atomic mass is 10.0. The number of carbonyl (C=O) groups excluding carboxylic acids is 2. The summed E-state index contributed by atoms with van der Waals surface area (Å²) in [6.07, 6.45) is -0.0639.